The maximum Gasteiger partial charge on any atom is 0.279 e. The molecule has 1 rings (SSSR count). The first-order valence-electron chi connectivity index (χ1n) is 7.43. The van der Waals surface area contributed by atoms with Crippen LogP contribution < -0.4 is 4.72 Å². The molecule has 0 aromatic rings. The monoisotopic (exact) mass is 306 g/mol. The SMILES string of the molecule is CCNS(=O)(=O)N1CC(C)N(CCCN(C)C)C(C)C1. The molecule has 0 aliphatic carbocycles. The lowest BCUT2D eigenvalue weighted by atomic mass is 10.1. The largest absolute Gasteiger partial charge is 0.309 e. The van der Waals surface area contributed by atoms with E-state index in [1.165, 1.54) is 0 Å². The van der Waals surface area contributed by atoms with Crippen molar-refractivity contribution in [2.75, 3.05) is 46.8 Å². The molecule has 0 spiro atoms. The zero-order chi connectivity index (χ0) is 15.3. The predicted octanol–water partition coefficient (Wildman–Crippen LogP) is 0.187. The third-order valence-corrected chi connectivity index (χ3v) is 5.39. The molecule has 0 aromatic carbocycles. The van der Waals surface area contributed by atoms with Crippen LogP contribution in [0.2, 0.25) is 0 Å². The van der Waals surface area contributed by atoms with E-state index in [4.69, 9.17) is 0 Å². The van der Waals surface area contributed by atoms with Gasteiger partial charge in [0.25, 0.3) is 10.2 Å². The molecular weight excluding hydrogens is 276 g/mol. The average molecular weight is 306 g/mol. The quantitative estimate of drug-likeness (QED) is 0.729. The molecule has 2 unspecified atom stereocenters. The lowest BCUT2D eigenvalue weighted by Gasteiger charge is -2.43. The van der Waals surface area contributed by atoms with Crippen LogP contribution in [0.5, 0.6) is 0 Å². The molecule has 1 heterocycles. The van der Waals surface area contributed by atoms with E-state index in [0.717, 1.165) is 19.5 Å². The van der Waals surface area contributed by atoms with Gasteiger partial charge >= 0.3 is 0 Å². The Hall–Kier alpha value is -0.210. The van der Waals surface area contributed by atoms with Crippen LogP contribution in [0.4, 0.5) is 0 Å². The van der Waals surface area contributed by atoms with Gasteiger partial charge in [-0.15, -0.1) is 0 Å². The van der Waals surface area contributed by atoms with Gasteiger partial charge in [-0.25, -0.2) is 4.72 Å². The summed E-state index contributed by atoms with van der Waals surface area (Å²) in [5.74, 6) is 0. The second-order valence-corrected chi connectivity index (χ2v) is 7.67. The Balaban J connectivity index is 2.58. The summed E-state index contributed by atoms with van der Waals surface area (Å²) < 4.78 is 28.3. The van der Waals surface area contributed by atoms with Crippen molar-refractivity contribution in [3.8, 4) is 0 Å². The highest BCUT2D eigenvalue weighted by Gasteiger charge is 2.34. The minimum absolute atomic E-state index is 0.259. The number of hydrogen-bond donors (Lipinski definition) is 1. The molecule has 0 bridgehead atoms. The third-order valence-electron chi connectivity index (χ3n) is 3.76. The van der Waals surface area contributed by atoms with Crippen molar-refractivity contribution < 1.29 is 8.42 Å². The molecule has 1 saturated heterocycles. The summed E-state index contributed by atoms with van der Waals surface area (Å²) in [6.07, 6.45) is 1.11. The lowest BCUT2D eigenvalue weighted by molar-refractivity contribution is 0.0735. The number of nitrogens with one attached hydrogen (secondary N) is 1. The molecule has 1 aliphatic heterocycles. The fourth-order valence-electron chi connectivity index (χ4n) is 2.79. The molecule has 0 amide bonds. The summed E-state index contributed by atoms with van der Waals surface area (Å²) >= 11 is 0. The van der Waals surface area contributed by atoms with Crippen molar-refractivity contribution in [1.82, 2.24) is 18.8 Å². The minimum atomic E-state index is -3.31. The van der Waals surface area contributed by atoms with Gasteiger partial charge in [0.15, 0.2) is 0 Å². The molecule has 1 fully saturated rings. The van der Waals surface area contributed by atoms with E-state index in [0.29, 0.717) is 19.6 Å². The first-order chi connectivity index (χ1) is 9.27. The maximum atomic E-state index is 12.1. The molecule has 6 nitrogen and oxygen atoms in total. The van der Waals surface area contributed by atoms with Crippen LogP contribution in [-0.4, -0.2) is 81.4 Å². The molecule has 1 aliphatic rings. The van der Waals surface area contributed by atoms with Gasteiger partial charge < -0.3 is 4.90 Å². The van der Waals surface area contributed by atoms with E-state index < -0.39 is 10.2 Å². The first-order valence-corrected chi connectivity index (χ1v) is 8.87. The topological polar surface area (TPSA) is 55.9 Å². The summed E-state index contributed by atoms with van der Waals surface area (Å²) in [6, 6.07) is 0.517. The molecule has 0 radical (unpaired) electrons. The number of rotatable bonds is 7. The fourth-order valence-corrected chi connectivity index (χ4v) is 4.16. The highest BCUT2D eigenvalue weighted by atomic mass is 32.2. The summed E-state index contributed by atoms with van der Waals surface area (Å²) in [6.45, 7) is 9.70. The van der Waals surface area contributed by atoms with E-state index in [2.05, 4.69) is 42.5 Å². The Labute approximate surface area is 124 Å². The van der Waals surface area contributed by atoms with Gasteiger partial charge in [0, 0.05) is 38.3 Å². The Kier molecular flexibility index (Phi) is 6.87. The third kappa shape index (κ3) is 4.96. The van der Waals surface area contributed by atoms with Crippen molar-refractivity contribution in [3.05, 3.63) is 0 Å². The average Bonchev–Trinajstić information content (AvgIpc) is 2.32. The van der Waals surface area contributed by atoms with Gasteiger partial charge in [0.05, 0.1) is 0 Å². The van der Waals surface area contributed by atoms with Crippen molar-refractivity contribution in [2.24, 2.45) is 0 Å². The molecule has 20 heavy (non-hydrogen) atoms. The van der Waals surface area contributed by atoms with E-state index in [1.54, 1.807) is 4.31 Å². The summed E-state index contributed by atoms with van der Waals surface area (Å²) in [7, 11) is 0.846. The first kappa shape index (κ1) is 17.8. The smallest absolute Gasteiger partial charge is 0.279 e. The van der Waals surface area contributed by atoms with Gasteiger partial charge in [-0.2, -0.15) is 12.7 Å². The molecule has 1 N–H and O–H groups in total. The molecular formula is C13H30N4O2S. The van der Waals surface area contributed by atoms with Crippen molar-refractivity contribution in [1.29, 1.82) is 0 Å². The van der Waals surface area contributed by atoms with Crippen LogP contribution in [0.15, 0.2) is 0 Å². The molecule has 0 aromatic heterocycles. The van der Waals surface area contributed by atoms with Crippen LogP contribution in [0.1, 0.15) is 27.2 Å². The molecule has 0 saturated carbocycles. The van der Waals surface area contributed by atoms with Gasteiger partial charge in [-0.3, -0.25) is 4.90 Å². The van der Waals surface area contributed by atoms with E-state index >= 15 is 0 Å². The Bertz CT molecular complexity index is 374. The van der Waals surface area contributed by atoms with Gasteiger partial charge in [-0.1, -0.05) is 6.92 Å². The standard InChI is InChI=1S/C13H30N4O2S/c1-6-14-20(18,19)16-10-12(2)17(13(3)11-16)9-7-8-15(4)5/h12-14H,6-11H2,1-5H3. The van der Waals surface area contributed by atoms with Crippen molar-refractivity contribution in [2.45, 2.75) is 39.3 Å². The Morgan fingerprint density at radius 1 is 1.20 bits per heavy atom. The number of piperazine rings is 1. The minimum Gasteiger partial charge on any atom is -0.309 e. The van der Waals surface area contributed by atoms with Gasteiger partial charge in [0.2, 0.25) is 0 Å². The van der Waals surface area contributed by atoms with E-state index in [-0.39, 0.29) is 12.1 Å². The normalized spacial score (nSPS) is 26.3. The second kappa shape index (κ2) is 7.70. The molecule has 120 valence electrons. The summed E-state index contributed by atoms with van der Waals surface area (Å²) in [5.41, 5.74) is 0. The van der Waals surface area contributed by atoms with Crippen molar-refractivity contribution in [3.63, 3.8) is 0 Å². The Morgan fingerprint density at radius 3 is 2.20 bits per heavy atom. The maximum absolute atomic E-state index is 12.1. The zero-order valence-corrected chi connectivity index (χ0v) is 14.3. The van der Waals surface area contributed by atoms with Gasteiger partial charge in [0.1, 0.15) is 0 Å². The highest BCUT2D eigenvalue weighted by Crippen LogP contribution is 2.18. The highest BCUT2D eigenvalue weighted by molar-refractivity contribution is 7.87. The van der Waals surface area contributed by atoms with Gasteiger partial charge in [-0.05, 0) is 40.9 Å². The van der Waals surface area contributed by atoms with E-state index in [9.17, 15) is 8.42 Å². The summed E-state index contributed by atoms with van der Waals surface area (Å²) in [4.78, 5) is 4.60. The van der Waals surface area contributed by atoms with Crippen LogP contribution in [0.25, 0.3) is 0 Å². The van der Waals surface area contributed by atoms with Crippen LogP contribution in [-0.2, 0) is 10.2 Å². The predicted molar refractivity (Wildman–Crippen MR) is 83.0 cm³/mol. The van der Waals surface area contributed by atoms with Crippen LogP contribution in [0, 0.1) is 0 Å². The molecule has 2 atom stereocenters. The fraction of sp³-hybridized carbons (Fsp3) is 1.00. The van der Waals surface area contributed by atoms with Crippen molar-refractivity contribution >= 4 is 10.2 Å². The number of nitrogens with zero attached hydrogens (tertiary/aromatic N) is 3. The summed E-state index contributed by atoms with van der Waals surface area (Å²) in [5, 5.41) is 0. The second-order valence-electron chi connectivity index (χ2n) is 5.91. The Morgan fingerprint density at radius 2 is 1.75 bits per heavy atom. The van der Waals surface area contributed by atoms with Crippen LogP contribution in [0.3, 0.4) is 0 Å². The number of hydrogen-bond acceptors (Lipinski definition) is 4. The van der Waals surface area contributed by atoms with E-state index in [1.807, 2.05) is 6.92 Å². The lowest BCUT2D eigenvalue weighted by Crippen LogP contribution is -2.59. The zero-order valence-electron chi connectivity index (χ0n) is 13.5. The van der Waals surface area contributed by atoms with Crippen LogP contribution >= 0.6 is 0 Å². The molecule has 7 heteroatoms.